The summed E-state index contributed by atoms with van der Waals surface area (Å²) in [6.45, 7) is 1.89. The predicted octanol–water partition coefficient (Wildman–Crippen LogP) is 3.92. The number of thioether (sulfide) groups is 1. The molecule has 2 nitrogen and oxygen atoms in total. The maximum atomic E-state index is 12.5. The molecule has 1 heterocycles. The van der Waals surface area contributed by atoms with Gasteiger partial charge in [-0.05, 0) is 24.0 Å². The van der Waals surface area contributed by atoms with Crippen LogP contribution in [0.15, 0.2) is 38.6 Å². The van der Waals surface area contributed by atoms with Gasteiger partial charge in [0, 0.05) is 6.07 Å². The number of benzene rings is 1. The van der Waals surface area contributed by atoms with E-state index >= 15 is 0 Å². The molecule has 0 N–H and O–H groups in total. The molecule has 0 aliphatic carbocycles. The van der Waals surface area contributed by atoms with Crippen LogP contribution in [-0.2, 0) is 6.18 Å². The first-order valence-corrected chi connectivity index (χ1v) is 6.18. The molecule has 0 saturated carbocycles. The Balaban J connectivity index is 2.62. The Hall–Kier alpha value is -1.43. The van der Waals surface area contributed by atoms with Crippen LogP contribution >= 0.6 is 11.8 Å². The van der Waals surface area contributed by atoms with Gasteiger partial charge in [-0.25, -0.2) is 0 Å². The largest absolute Gasteiger partial charge is 0.450 e. The molecule has 0 fully saturated rings. The van der Waals surface area contributed by atoms with E-state index in [-0.39, 0.29) is 11.0 Å². The molecule has 0 aliphatic heterocycles. The highest BCUT2D eigenvalue weighted by molar-refractivity contribution is 7.99. The molecule has 2 rings (SSSR count). The molecule has 0 bridgehead atoms. The normalized spacial score (nSPS) is 12.0. The van der Waals surface area contributed by atoms with Crippen LogP contribution in [0.1, 0.15) is 12.5 Å². The third-order valence-electron chi connectivity index (χ3n) is 2.32. The van der Waals surface area contributed by atoms with Gasteiger partial charge < -0.3 is 4.42 Å². The van der Waals surface area contributed by atoms with Gasteiger partial charge in [0.1, 0.15) is 5.58 Å². The fourth-order valence-electron chi connectivity index (χ4n) is 1.52. The van der Waals surface area contributed by atoms with E-state index in [0.717, 1.165) is 17.9 Å². The molecular formula is C12H9F3O2S. The summed E-state index contributed by atoms with van der Waals surface area (Å²) in [5, 5.41) is 0.361. The van der Waals surface area contributed by atoms with Gasteiger partial charge in [-0.1, -0.05) is 18.7 Å². The lowest BCUT2D eigenvalue weighted by molar-refractivity contribution is -0.137. The lowest BCUT2D eigenvalue weighted by Crippen LogP contribution is -2.07. The maximum absolute atomic E-state index is 12.5. The van der Waals surface area contributed by atoms with E-state index in [9.17, 15) is 18.0 Å². The van der Waals surface area contributed by atoms with Gasteiger partial charge in [0.2, 0.25) is 0 Å². The lowest BCUT2D eigenvalue weighted by Gasteiger charge is -2.07. The van der Waals surface area contributed by atoms with Crippen LogP contribution < -0.4 is 5.43 Å². The van der Waals surface area contributed by atoms with Gasteiger partial charge in [0.15, 0.2) is 10.5 Å². The first-order valence-electron chi connectivity index (χ1n) is 5.19. The summed E-state index contributed by atoms with van der Waals surface area (Å²) < 4.78 is 42.9. The average Bonchev–Trinajstić information content (AvgIpc) is 2.27. The summed E-state index contributed by atoms with van der Waals surface area (Å²) in [4.78, 5) is 11.7. The average molecular weight is 274 g/mol. The molecular weight excluding hydrogens is 265 g/mol. The van der Waals surface area contributed by atoms with E-state index in [4.69, 9.17) is 4.42 Å². The van der Waals surface area contributed by atoms with Crippen molar-refractivity contribution in [3.05, 3.63) is 40.1 Å². The molecule has 2 aromatic rings. The Morgan fingerprint density at radius 1 is 1.28 bits per heavy atom. The highest BCUT2D eigenvalue weighted by Gasteiger charge is 2.30. The number of hydrogen-bond acceptors (Lipinski definition) is 3. The van der Waals surface area contributed by atoms with Crippen LogP contribution in [0.25, 0.3) is 11.0 Å². The molecule has 0 spiro atoms. The SMILES string of the molecule is CCSc1cc(=O)c2cc(C(F)(F)F)ccc2o1. The van der Waals surface area contributed by atoms with Gasteiger partial charge in [-0.15, -0.1) is 0 Å². The highest BCUT2D eigenvalue weighted by Crippen LogP contribution is 2.31. The summed E-state index contributed by atoms with van der Waals surface area (Å²) in [5.41, 5.74) is -1.14. The zero-order valence-electron chi connectivity index (χ0n) is 9.38. The second kappa shape index (κ2) is 4.68. The molecule has 0 unspecified atom stereocenters. The highest BCUT2D eigenvalue weighted by atomic mass is 32.2. The van der Waals surface area contributed by atoms with Crippen molar-refractivity contribution in [3.63, 3.8) is 0 Å². The Kier molecular flexibility index (Phi) is 3.38. The Morgan fingerprint density at radius 3 is 2.61 bits per heavy atom. The molecule has 6 heteroatoms. The van der Waals surface area contributed by atoms with Crippen molar-refractivity contribution in [1.29, 1.82) is 0 Å². The van der Waals surface area contributed by atoms with Crippen molar-refractivity contribution < 1.29 is 17.6 Å². The molecule has 0 saturated heterocycles. The standard InChI is InChI=1S/C12H9F3O2S/c1-2-18-11-6-9(16)8-5-7(12(13,14)15)3-4-10(8)17-11/h3-6H,2H2,1H3. The van der Waals surface area contributed by atoms with E-state index in [0.29, 0.717) is 5.09 Å². The summed E-state index contributed by atoms with van der Waals surface area (Å²) >= 11 is 1.33. The topological polar surface area (TPSA) is 30.2 Å². The van der Waals surface area contributed by atoms with E-state index < -0.39 is 17.2 Å². The number of halogens is 3. The number of alkyl halides is 3. The third kappa shape index (κ3) is 2.53. The summed E-state index contributed by atoms with van der Waals surface area (Å²) in [7, 11) is 0. The van der Waals surface area contributed by atoms with Crippen LogP contribution in [0.3, 0.4) is 0 Å². The molecule has 18 heavy (non-hydrogen) atoms. The molecule has 0 amide bonds. The van der Waals surface area contributed by atoms with Crippen LogP contribution in [0.2, 0.25) is 0 Å². The second-order valence-electron chi connectivity index (χ2n) is 3.57. The van der Waals surface area contributed by atoms with Gasteiger partial charge in [-0.3, -0.25) is 4.79 Å². The van der Waals surface area contributed by atoms with Crippen molar-refractivity contribution in [2.24, 2.45) is 0 Å². The smallest absolute Gasteiger partial charge is 0.416 e. The fraction of sp³-hybridized carbons (Fsp3) is 0.250. The quantitative estimate of drug-likeness (QED) is 0.777. The molecule has 0 radical (unpaired) electrons. The van der Waals surface area contributed by atoms with E-state index in [1.54, 1.807) is 0 Å². The van der Waals surface area contributed by atoms with Crippen LogP contribution in [0.4, 0.5) is 13.2 Å². The summed E-state index contributed by atoms with van der Waals surface area (Å²) in [5.74, 6) is 0.717. The summed E-state index contributed by atoms with van der Waals surface area (Å²) in [6, 6.07) is 4.13. The van der Waals surface area contributed by atoms with Gasteiger partial charge >= 0.3 is 6.18 Å². The van der Waals surface area contributed by atoms with Crippen molar-refractivity contribution in [2.75, 3.05) is 5.75 Å². The van der Waals surface area contributed by atoms with Gasteiger partial charge in [-0.2, -0.15) is 13.2 Å². The van der Waals surface area contributed by atoms with Crippen molar-refractivity contribution in [3.8, 4) is 0 Å². The van der Waals surface area contributed by atoms with Crippen molar-refractivity contribution in [2.45, 2.75) is 18.2 Å². The van der Waals surface area contributed by atoms with Crippen LogP contribution in [0.5, 0.6) is 0 Å². The van der Waals surface area contributed by atoms with E-state index in [1.807, 2.05) is 6.92 Å². The van der Waals surface area contributed by atoms with Gasteiger partial charge in [0.05, 0.1) is 10.9 Å². The van der Waals surface area contributed by atoms with Gasteiger partial charge in [0.25, 0.3) is 0 Å². The molecule has 0 aliphatic rings. The minimum atomic E-state index is -4.46. The first-order chi connectivity index (χ1) is 8.41. The monoisotopic (exact) mass is 274 g/mol. The zero-order chi connectivity index (χ0) is 13.3. The predicted molar refractivity (Wildman–Crippen MR) is 63.9 cm³/mol. The minimum Gasteiger partial charge on any atom is -0.450 e. The lowest BCUT2D eigenvalue weighted by atomic mass is 10.1. The molecule has 1 aromatic carbocycles. The fourth-order valence-corrected chi connectivity index (χ4v) is 2.15. The van der Waals surface area contributed by atoms with E-state index in [1.165, 1.54) is 23.9 Å². The minimum absolute atomic E-state index is 0.0507. The van der Waals surface area contributed by atoms with E-state index in [2.05, 4.69) is 0 Å². The maximum Gasteiger partial charge on any atom is 0.416 e. The Bertz CT molecular complexity index is 631. The summed E-state index contributed by atoms with van der Waals surface area (Å²) in [6.07, 6.45) is -4.46. The van der Waals surface area contributed by atoms with Crippen molar-refractivity contribution >= 4 is 22.7 Å². The number of fused-ring (bicyclic) bond motifs is 1. The number of rotatable bonds is 2. The van der Waals surface area contributed by atoms with Crippen LogP contribution in [-0.4, -0.2) is 5.75 Å². The van der Waals surface area contributed by atoms with Crippen LogP contribution in [0, 0.1) is 0 Å². The second-order valence-corrected chi connectivity index (χ2v) is 4.84. The molecule has 0 atom stereocenters. The third-order valence-corrected chi connectivity index (χ3v) is 3.09. The zero-order valence-corrected chi connectivity index (χ0v) is 10.2. The number of hydrogen-bond donors (Lipinski definition) is 0. The Morgan fingerprint density at radius 2 is 2.00 bits per heavy atom. The van der Waals surface area contributed by atoms with Crippen molar-refractivity contribution in [1.82, 2.24) is 0 Å². The molecule has 1 aromatic heterocycles. The Labute approximate surface area is 105 Å². The first kappa shape index (κ1) is 13.0. The molecule has 96 valence electrons.